The van der Waals surface area contributed by atoms with Crippen LogP contribution in [0.15, 0.2) is 29.2 Å². The average Bonchev–Trinajstić information content (AvgIpc) is 3.41. The van der Waals surface area contributed by atoms with Gasteiger partial charge in [-0.05, 0) is 37.5 Å². The maximum atomic E-state index is 13.0. The van der Waals surface area contributed by atoms with Crippen LogP contribution in [-0.2, 0) is 24.6 Å². The van der Waals surface area contributed by atoms with Gasteiger partial charge in [-0.3, -0.25) is 9.69 Å². The molecule has 1 aromatic rings. The van der Waals surface area contributed by atoms with Gasteiger partial charge in [0.05, 0.1) is 22.5 Å². The number of hydrogen-bond acceptors (Lipinski definition) is 7. The number of sulfonamides is 1. The minimum Gasteiger partial charge on any atom is -0.377 e. The Morgan fingerprint density at radius 2 is 1.94 bits per heavy atom. The van der Waals surface area contributed by atoms with E-state index < -0.39 is 19.9 Å². The molecule has 3 aliphatic rings. The summed E-state index contributed by atoms with van der Waals surface area (Å²) in [6.45, 7) is 3.09. The Morgan fingerprint density at radius 1 is 1.16 bits per heavy atom. The number of amides is 1. The summed E-state index contributed by atoms with van der Waals surface area (Å²) in [6.07, 6.45) is 2.31. The number of benzene rings is 1. The van der Waals surface area contributed by atoms with Gasteiger partial charge in [-0.15, -0.1) is 0 Å². The second-order valence-electron chi connectivity index (χ2n) is 8.40. The monoisotopic (exact) mass is 471 g/mol. The van der Waals surface area contributed by atoms with Gasteiger partial charge in [-0.1, -0.05) is 6.07 Å². The fourth-order valence-corrected chi connectivity index (χ4v) is 7.30. The first-order valence-electron chi connectivity index (χ1n) is 10.7. The van der Waals surface area contributed by atoms with Gasteiger partial charge in [0.1, 0.15) is 0 Å². The predicted octanol–water partition coefficient (Wildman–Crippen LogP) is 0.0888. The second-order valence-corrected chi connectivity index (χ2v) is 12.4. The highest BCUT2D eigenvalue weighted by Gasteiger charge is 2.34. The van der Waals surface area contributed by atoms with Crippen molar-refractivity contribution in [1.82, 2.24) is 14.5 Å². The maximum absolute atomic E-state index is 13.0. The van der Waals surface area contributed by atoms with E-state index in [4.69, 9.17) is 4.74 Å². The smallest absolute Gasteiger partial charge is 0.253 e. The van der Waals surface area contributed by atoms with E-state index >= 15 is 0 Å². The molecule has 9 nitrogen and oxygen atoms in total. The minimum atomic E-state index is -3.73. The van der Waals surface area contributed by atoms with Crippen molar-refractivity contribution in [3.8, 4) is 0 Å². The molecule has 2 atom stereocenters. The van der Waals surface area contributed by atoms with Crippen molar-refractivity contribution in [1.29, 1.82) is 0 Å². The topological polar surface area (TPSA) is 113 Å². The Bertz CT molecular complexity index is 1010. The molecule has 0 aliphatic carbocycles. The van der Waals surface area contributed by atoms with Gasteiger partial charge in [0.2, 0.25) is 10.0 Å². The Labute approximate surface area is 183 Å². The van der Waals surface area contributed by atoms with Gasteiger partial charge in [0.25, 0.3) is 5.91 Å². The van der Waals surface area contributed by atoms with Crippen LogP contribution in [0.3, 0.4) is 0 Å². The van der Waals surface area contributed by atoms with E-state index in [0.717, 1.165) is 12.8 Å². The number of hydrogen-bond donors (Lipinski definition) is 1. The molecule has 1 N–H and O–H groups in total. The van der Waals surface area contributed by atoms with Crippen LogP contribution in [0.1, 0.15) is 29.6 Å². The highest BCUT2D eigenvalue weighted by atomic mass is 32.2. The predicted molar refractivity (Wildman–Crippen MR) is 115 cm³/mol. The second kappa shape index (κ2) is 9.14. The molecule has 0 bridgehead atoms. The van der Waals surface area contributed by atoms with Crippen molar-refractivity contribution < 1.29 is 26.4 Å². The van der Waals surface area contributed by atoms with Crippen molar-refractivity contribution >= 4 is 25.8 Å². The molecule has 3 aliphatic heterocycles. The third-order valence-corrected chi connectivity index (χ3v) is 9.41. The van der Waals surface area contributed by atoms with Crippen LogP contribution < -0.4 is 4.72 Å². The van der Waals surface area contributed by atoms with E-state index in [1.807, 2.05) is 0 Å². The summed E-state index contributed by atoms with van der Waals surface area (Å²) < 4.78 is 56.7. The lowest BCUT2D eigenvalue weighted by Gasteiger charge is -2.37. The standard InChI is InChI=1S/C20H29N3O6S2/c24-20(23-9-7-22(8-10-23)17-6-12-30(25,26)15-17)16-3-1-5-19(13-16)31(27,28)21-14-18-4-2-11-29-18/h1,3,5,13,17-18,21H,2,4,6-12,14-15H2. The highest BCUT2D eigenvalue weighted by Crippen LogP contribution is 2.21. The van der Waals surface area contributed by atoms with Crippen LogP contribution in [0.25, 0.3) is 0 Å². The van der Waals surface area contributed by atoms with E-state index in [0.29, 0.717) is 44.8 Å². The summed E-state index contributed by atoms with van der Waals surface area (Å²) in [5.74, 6) is 0.216. The van der Waals surface area contributed by atoms with Gasteiger partial charge in [-0.2, -0.15) is 0 Å². The summed E-state index contributed by atoms with van der Waals surface area (Å²) in [5.41, 5.74) is 0.330. The quantitative estimate of drug-likeness (QED) is 0.626. The van der Waals surface area contributed by atoms with Crippen LogP contribution >= 0.6 is 0 Å². The van der Waals surface area contributed by atoms with Crippen LogP contribution in [0.4, 0.5) is 0 Å². The first-order valence-corrected chi connectivity index (χ1v) is 14.0. The summed E-state index contributed by atoms with van der Waals surface area (Å²) in [6, 6.07) is 6.12. The number of nitrogens with zero attached hydrogens (tertiary/aromatic N) is 2. The van der Waals surface area contributed by atoms with Crippen LogP contribution in [0.2, 0.25) is 0 Å². The van der Waals surface area contributed by atoms with Crippen molar-refractivity contribution in [3.05, 3.63) is 29.8 Å². The lowest BCUT2D eigenvalue weighted by molar-refractivity contribution is 0.0587. The van der Waals surface area contributed by atoms with Gasteiger partial charge in [0.15, 0.2) is 9.84 Å². The molecule has 1 aromatic carbocycles. The zero-order chi connectivity index (χ0) is 22.1. The van der Waals surface area contributed by atoms with E-state index in [1.165, 1.54) is 12.1 Å². The first kappa shape index (κ1) is 22.7. The molecule has 3 fully saturated rings. The molecule has 2 unspecified atom stereocenters. The molecular formula is C20H29N3O6S2. The van der Waals surface area contributed by atoms with E-state index in [9.17, 15) is 21.6 Å². The van der Waals surface area contributed by atoms with Crippen LogP contribution in [-0.4, -0.2) is 95.5 Å². The SMILES string of the molecule is O=C(c1cccc(S(=O)(=O)NCC2CCCO2)c1)N1CCN(C2CCS(=O)(=O)C2)CC1. The molecule has 31 heavy (non-hydrogen) atoms. The van der Waals surface area contributed by atoms with Crippen molar-refractivity contribution in [2.75, 3.05) is 50.8 Å². The maximum Gasteiger partial charge on any atom is 0.253 e. The Kier molecular flexibility index (Phi) is 6.68. The molecule has 1 amide bonds. The van der Waals surface area contributed by atoms with E-state index in [2.05, 4.69) is 9.62 Å². The molecule has 3 saturated heterocycles. The third kappa shape index (κ3) is 5.46. The van der Waals surface area contributed by atoms with E-state index in [-0.39, 0.29) is 41.0 Å². The number of sulfone groups is 1. The molecule has 4 rings (SSSR count). The Morgan fingerprint density at radius 3 is 2.58 bits per heavy atom. The Balaban J connectivity index is 1.36. The number of nitrogens with one attached hydrogen (secondary N) is 1. The summed E-state index contributed by atoms with van der Waals surface area (Å²) in [7, 11) is -6.67. The van der Waals surface area contributed by atoms with Gasteiger partial charge in [-0.25, -0.2) is 21.6 Å². The van der Waals surface area contributed by atoms with E-state index in [1.54, 1.807) is 17.0 Å². The molecular weight excluding hydrogens is 442 g/mol. The number of carbonyl (C=O) groups excluding carboxylic acids is 1. The van der Waals surface area contributed by atoms with Gasteiger partial charge in [0, 0.05) is 50.9 Å². The molecule has 0 radical (unpaired) electrons. The summed E-state index contributed by atoms with van der Waals surface area (Å²) in [5, 5.41) is 0. The number of piperazine rings is 1. The molecule has 11 heteroatoms. The zero-order valence-corrected chi connectivity index (χ0v) is 19.0. The number of rotatable bonds is 6. The molecule has 0 aromatic heterocycles. The minimum absolute atomic E-state index is 0.0330. The third-order valence-electron chi connectivity index (χ3n) is 6.24. The van der Waals surface area contributed by atoms with Gasteiger partial charge >= 0.3 is 0 Å². The summed E-state index contributed by atoms with van der Waals surface area (Å²) >= 11 is 0. The fourth-order valence-electron chi connectivity index (χ4n) is 4.42. The fraction of sp³-hybridized carbons (Fsp3) is 0.650. The zero-order valence-electron chi connectivity index (χ0n) is 17.4. The van der Waals surface area contributed by atoms with Crippen LogP contribution in [0, 0.1) is 0 Å². The number of ether oxygens (including phenoxy) is 1. The number of carbonyl (C=O) groups is 1. The largest absolute Gasteiger partial charge is 0.377 e. The lowest BCUT2D eigenvalue weighted by Crippen LogP contribution is -2.52. The summed E-state index contributed by atoms with van der Waals surface area (Å²) in [4.78, 5) is 16.9. The normalized spacial score (nSPS) is 26.9. The molecule has 0 saturated carbocycles. The lowest BCUT2D eigenvalue weighted by atomic mass is 10.1. The van der Waals surface area contributed by atoms with Crippen molar-refractivity contribution in [2.45, 2.75) is 36.3 Å². The Hall–Kier alpha value is -1.53. The van der Waals surface area contributed by atoms with Gasteiger partial charge < -0.3 is 9.64 Å². The molecule has 172 valence electrons. The molecule has 3 heterocycles. The average molecular weight is 472 g/mol. The molecule has 0 spiro atoms. The van der Waals surface area contributed by atoms with Crippen molar-refractivity contribution in [3.63, 3.8) is 0 Å². The van der Waals surface area contributed by atoms with Crippen LogP contribution in [0.5, 0.6) is 0 Å². The highest BCUT2D eigenvalue weighted by molar-refractivity contribution is 7.91. The first-order chi connectivity index (χ1) is 14.7. The van der Waals surface area contributed by atoms with Crippen molar-refractivity contribution in [2.24, 2.45) is 0 Å².